The Bertz CT molecular complexity index is 270. The first-order valence-electron chi connectivity index (χ1n) is 3.38. The lowest BCUT2D eigenvalue weighted by molar-refractivity contribution is -0.141. The van der Waals surface area contributed by atoms with Crippen LogP contribution in [0.4, 0.5) is 13.2 Å². The zero-order valence-electron chi connectivity index (χ0n) is 6.51. The van der Waals surface area contributed by atoms with Gasteiger partial charge in [-0.2, -0.15) is 13.2 Å². The molecule has 0 spiro atoms. The van der Waals surface area contributed by atoms with E-state index in [2.05, 4.69) is 9.82 Å². The summed E-state index contributed by atoms with van der Waals surface area (Å²) < 4.78 is 36.0. The highest BCUT2D eigenvalue weighted by Crippen LogP contribution is 2.27. The van der Waals surface area contributed by atoms with Crippen LogP contribution in [0.1, 0.15) is 11.3 Å². The van der Waals surface area contributed by atoms with Crippen molar-refractivity contribution >= 4 is 0 Å². The van der Waals surface area contributed by atoms with Gasteiger partial charge in [0.1, 0.15) is 5.69 Å². The topological polar surface area (TPSA) is 48.1 Å². The molecule has 0 saturated carbocycles. The molecule has 0 aliphatic rings. The van der Waals surface area contributed by atoms with Crippen molar-refractivity contribution in [3.63, 3.8) is 0 Å². The molecule has 0 unspecified atom stereocenters. The predicted octanol–water partition coefficient (Wildman–Crippen LogP) is 1.49. The maximum atomic E-state index is 12.0. The molecule has 0 aliphatic heterocycles. The summed E-state index contributed by atoms with van der Waals surface area (Å²) in [5.41, 5.74) is -0.427. The van der Waals surface area contributed by atoms with Crippen molar-refractivity contribution in [2.45, 2.75) is 12.8 Å². The first-order valence-corrected chi connectivity index (χ1v) is 3.38. The van der Waals surface area contributed by atoms with Gasteiger partial charge in [0.05, 0.1) is 6.61 Å². The molecule has 2 N–H and O–H groups in total. The number of hydrogen-bond acceptors (Lipinski definition) is 3. The number of nitrogens with zero attached hydrogens (tertiary/aromatic N) is 1. The molecule has 0 aromatic carbocycles. The normalized spacial score (nSPS) is 11.7. The molecule has 6 heteroatoms. The van der Waals surface area contributed by atoms with Gasteiger partial charge in [0.25, 0.3) is 0 Å². The Balaban J connectivity index is 2.81. The van der Waals surface area contributed by atoms with Gasteiger partial charge in [0.2, 0.25) is 0 Å². The van der Waals surface area contributed by atoms with Crippen LogP contribution in [0.3, 0.4) is 0 Å². The molecule has 0 fully saturated rings. The number of nitrogens with two attached hydrogens (primary N) is 1. The summed E-state index contributed by atoms with van der Waals surface area (Å²) in [6.07, 6.45) is -3.32. The summed E-state index contributed by atoms with van der Waals surface area (Å²) in [6, 6.07) is 2.15. The highest BCUT2D eigenvalue weighted by molar-refractivity contribution is 5.15. The maximum absolute atomic E-state index is 12.0. The fourth-order valence-corrected chi connectivity index (χ4v) is 0.774. The minimum Gasteiger partial charge on any atom is -0.300 e. The van der Waals surface area contributed by atoms with Crippen molar-refractivity contribution in [3.05, 3.63) is 29.6 Å². The van der Waals surface area contributed by atoms with Crippen LogP contribution in [0.5, 0.6) is 0 Å². The van der Waals surface area contributed by atoms with E-state index in [0.29, 0.717) is 5.56 Å². The van der Waals surface area contributed by atoms with Gasteiger partial charge in [-0.25, -0.2) is 5.90 Å². The second kappa shape index (κ2) is 3.71. The number of aromatic nitrogens is 1. The van der Waals surface area contributed by atoms with E-state index in [4.69, 9.17) is 5.90 Å². The molecule has 72 valence electrons. The first kappa shape index (κ1) is 9.94. The van der Waals surface area contributed by atoms with E-state index in [0.717, 1.165) is 12.3 Å². The van der Waals surface area contributed by atoms with Crippen LogP contribution in [-0.4, -0.2) is 4.98 Å². The van der Waals surface area contributed by atoms with Gasteiger partial charge in [0, 0.05) is 6.20 Å². The van der Waals surface area contributed by atoms with Gasteiger partial charge < -0.3 is 0 Å². The summed E-state index contributed by atoms with van der Waals surface area (Å²) in [7, 11) is 0. The second-order valence-corrected chi connectivity index (χ2v) is 2.36. The Morgan fingerprint density at radius 3 is 2.46 bits per heavy atom. The summed E-state index contributed by atoms with van der Waals surface area (Å²) in [5.74, 6) is 4.73. The van der Waals surface area contributed by atoms with Crippen LogP contribution in [0.15, 0.2) is 18.3 Å². The minimum absolute atomic E-state index is 0.0468. The van der Waals surface area contributed by atoms with Gasteiger partial charge >= 0.3 is 6.18 Å². The Morgan fingerprint density at radius 1 is 1.38 bits per heavy atom. The van der Waals surface area contributed by atoms with Crippen LogP contribution in [0.2, 0.25) is 0 Å². The van der Waals surface area contributed by atoms with Crippen LogP contribution >= 0.6 is 0 Å². The largest absolute Gasteiger partial charge is 0.433 e. The third-order valence-electron chi connectivity index (χ3n) is 1.37. The van der Waals surface area contributed by atoms with Gasteiger partial charge in [-0.05, 0) is 11.6 Å². The average Bonchev–Trinajstić information content (AvgIpc) is 2.04. The highest BCUT2D eigenvalue weighted by Gasteiger charge is 2.31. The summed E-state index contributed by atoms with van der Waals surface area (Å²) in [6.45, 7) is 0.0468. The van der Waals surface area contributed by atoms with Gasteiger partial charge in [-0.3, -0.25) is 9.82 Å². The van der Waals surface area contributed by atoms with Crippen molar-refractivity contribution in [1.29, 1.82) is 0 Å². The lowest BCUT2D eigenvalue weighted by Crippen LogP contribution is -2.08. The van der Waals surface area contributed by atoms with Gasteiger partial charge in [-0.1, -0.05) is 6.07 Å². The maximum Gasteiger partial charge on any atom is 0.433 e. The molecule has 0 radical (unpaired) electrons. The average molecular weight is 192 g/mol. The monoisotopic (exact) mass is 192 g/mol. The zero-order chi connectivity index (χ0) is 9.90. The first-order chi connectivity index (χ1) is 6.04. The van der Waals surface area contributed by atoms with Crippen molar-refractivity contribution in [2.24, 2.45) is 5.90 Å². The quantitative estimate of drug-likeness (QED) is 0.722. The summed E-state index contributed by atoms with van der Waals surface area (Å²) >= 11 is 0. The van der Waals surface area contributed by atoms with Crippen molar-refractivity contribution in [1.82, 2.24) is 4.98 Å². The van der Waals surface area contributed by atoms with E-state index in [1.807, 2.05) is 0 Å². The SMILES string of the molecule is NOCc1ccc(C(F)(F)F)nc1. The van der Waals surface area contributed by atoms with E-state index in [-0.39, 0.29) is 6.61 Å². The molecule has 1 rings (SSSR count). The number of hydrogen-bond donors (Lipinski definition) is 1. The lowest BCUT2D eigenvalue weighted by atomic mass is 10.2. The number of pyridine rings is 1. The third-order valence-corrected chi connectivity index (χ3v) is 1.37. The Hall–Kier alpha value is -1.14. The van der Waals surface area contributed by atoms with Crippen molar-refractivity contribution in [2.75, 3.05) is 0 Å². The van der Waals surface area contributed by atoms with E-state index >= 15 is 0 Å². The van der Waals surface area contributed by atoms with Crippen LogP contribution in [0.25, 0.3) is 0 Å². The Morgan fingerprint density at radius 2 is 2.08 bits per heavy atom. The molecule has 0 aliphatic carbocycles. The second-order valence-electron chi connectivity index (χ2n) is 2.36. The molecule has 0 amide bonds. The fourth-order valence-electron chi connectivity index (χ4n) is 0.774. The molecule has 1 heterocycles. The van der Waals surface area contributed by atoms with E-state index in [9.17, 15) is 13.2 Å². The zero-order valence-corrected chi connectivity index (χ0v) is 6.51. The van der Waals surface area contributed by atoms with Crippen LogP contribution in [-0.2, 0) is 17.6 Å². The number of halogens is 3. The fraction of sp³-hybridized carbons (Fsp3) is 0.286. The number of rotatable bonds is 2. The molecule has 1 aromatic heterocycles. The third kappa shape index (κ3) is 2.67. The molecular weight excluding hydrogens is 185 g/mol. The van der Waals surface area contributed by atoms with Gasteiger partial charge in [0.15, 0.2) is 0 Å². The smallest absolute Gasteiger partial charge is 0.300 e. The van der Waals surface area contributed by atoms with E-state index in [1.165, 1.54) is 6.07 Å². The Labute approximate surface area is 72.3 Å². The standard InChI is InChI=1S/C7H7F3N2O/c8-7(9,10)6-2-1-5(3-12-6)4-13-11/h1-3H,4,11H2. The molecule has 13 heavy (non-hydrogen) atoms. The van der Waals surface area contributed by atoms with Crippen LogP contribution < -0.4 is 5.90 Å². The molecular formula is C7H7F3N2O. The van der Waals surface area contributed by atoms with E-state index in [1.54, 1.807) is 0 Å². The van der Waals surface area contributed by atoms with Gasteiger partial charge in [-0.15, -0.1) is 0 Å². The lowest BCUT2D eigenvalue weighted by Gasteiger charge is -2.05. The molecule has 0 saturated heterocycles. The van der Waals surface area contributed by atoms with E-state index < -0.39 is 11.9 Å². The van der Waals surface area contributed by atoms with Crippen molar-refractivity contribution in [3.8, 4) is 0 Å². The molecule has 3 nitrogen and oxygen atoms in total. The molecule has 0 atom stereocenters. The molecule has 1 aromatic rings. The molecule has 0 bridgehead atoms. The predicted molar refractivity (Wildman–Crippen MR) is 38.2 cm³/mol. The Kier molecular flexibility index (Phi) is 2.84. The minimum atomic E-state index is -4.40. The van der Waals surface area contributed by atoms with Crippen LogP contribution in [0, 0.1) is 0 Å². The van der Waals surface area contributed by atoms with Crippen molar-refractivity contribution < 1.29 is 18.0 Å². The number of alkyl halides is 3. The summed E-state index contributed by atoms with van der Waals surface area (Å²) in [4.78, 5) is 7.44. The highest BCUT2D eigenvalue weighted by atomic mass is 19.4. The summed E-state index contributed by atoms with van der Waals surface area (Å²) in [5, 5.41) is 0.